The molecule has 104 valence electrons. The van der Waals surface area contributed by atoms with Gasteiger partial charge in [-0.1, -0.05) is 5.16 Å². The molecule has 0 fully saturated rings. The van der Waals surface area contributed by atoms with E-state index in [0.717, 1.165) is 0 Å². The van der Waals surface area contributed by atoms with Crippen molar-refractivity contribution in [2.24, 2.45) is 10.9 Å². The zero-order valence-electron chi connectivity index (χ0n) is 11.1. The molecule has 4 N–H and O–H groups in total. The second-order valence-electron chi connectivity index (χ2n) is 4.48. The van der Waals surface area contributed by atoms with Crippen LogP contribution in [0.15, 0.2) is 29.4 Å². The van der Waals surface area contributed by atoms with Crippen LogP contribution in [-0.4, -0.2) is 39.5 Å². The van der Waals surface area contributed by atoms with Crippen molar-refractivity contribution < 1.29 is 15.1 Å². The molecular weight excluding hydrogens is 246 g/mol. The van der Waals surface area contributed by atoms with Gasteiger partial charge in [-0.2, -0.15) is 0 Å². The predicted molar refractivity (Wildman–Crippen MR) is 72.3 cm³/mol. The van der Waals surface area contributed by atoms with Crippen LogP contribution in [0.5, 0.6) is 5.75 Å². The van der Waals surface area contributed by atoms with Crippen molar-refractivity contribution in [1.29, 1.82) is 0 Å². The highest BCUT2D eigenvalue weighted by molar-refractivity contribution is 5.94. The Morgan fingerprint density at radius 3 is 2.42 bits per heavy atom. The summed E-state index contributed by atoms with van der Waals surface area (Å²) in [6.45, 7) is 4.16. The minimum Gasteiger partial charge on any atom is -0.508 e. The van der Waals surface area contributed by atoms with E-state index >= 15 is 0 Å². The van der Waals surface area contributed by atoms with Crippen molar-refractivity contribution in [3.8, 4) is 5.75 Å². The number of carbonyl (C=O) groups excluding carboxylic acids is 1. The van der Waals surface area contributed by atoms with Crippen LogP contribution in [0.3, 0.4) is 0 Å². The van der Waals surface area contributed by atoms with Crippen LogP contribution >= 0.6 is 0 Å². The molecule has 0 bridgehead atoms. The van der Waals surface area contributed by atoms with Gasteiger partial charge in [0.1, 0.15) is 11.6 Å². The average Bonchev–Trinajstić information content (AvgIpc) is 2.38. The van der Waals surface area contributed by atoms with Crippen molar-refractivity contribution in [3.05, 3.63) is 29.8 Å². The van der Waals surface area contributed by atoms with Gasteiger partial charge in [0.15, 0.2) is 0 Å². The molecule has 0 aliphatic rings. The van der Waals surface area contributed by atoms with Crippen LogP contribution in [0.2, 0.25) is 0 Å². The SMILES string of the molecule is CC(C)N(CC/C(N)=N/O)C(=O)c1ccc(O)cc1. The maximum absolute atomic E-state index is 12.3. The number of aromatic hydroxyl groups is 1. The molecular formula is C13H19N3O3. The lowest BCUT2D eigenvalue weighted by Crippen LogP contribution is -2.39. The van der Waals surface area contributed by atoms with Crippen LogP contribution in [0.1, 0.15) is 30.6 Å². The molecule has 19 heavy (non-hydrogen) atoms. The van der Waals surface area contributed by atoms with Gasteiger partial charge in [-0.15, -0.1) is 0 Å². The van der Waals surface area contributed by atoms with Crippen LogP contribution in [0.25, 0.3) is 0 Å². The summed E-state index contributed by atoms with van der Waals surface area (Å²) in [5.74, 6) is 0.0502. The normalized spacial score (nSPS) is 11.6. The molecule has 1 amide bonds. The van der Waals surface area contributed by atoms with Crippen LogP contribution in [0, 0.1) is 0 Å². The third-order valence-corrected chi connectivity index (χ3v) is 2.74. The first kappa shape index (κ1) is 14.8. The van der Waals surface area contributed by atoms with Crippen LogP contribution in [-0.2, 0) is 0 Å². The maximum Gasteiger partial charge on any atom is 0.254 e. The number of nitrogens with two attached hydrogens (primary N) is 1. The fraction of sp³-hybridized carbons (Fsp3) is 0.385. The van der Waals surface area contributed by atoms with E-state index in [0.29, 0.717) is 18.5 Å². The Morgan fingerprint density at radius 1 is 1.37 bits per heavy atom. The standard InChI is InChI=1S/C13H19N3O3/c1-9(2)16(8-7-12(14)15-19)13(18)10-3-5-11(17)6-4-10/h3-6,9,17,19H,7-8H2,1-2H3,(H2,14,15). The number of phenols is 1. The number of hydrogen-bond acceptors (Lipinski definition) is 4. The summed E-state index contributed by atoms with van der Waals surface area (Å²) in [6, 6.07) is 6.06. The lowest BCUT2D eigenvalue weighted by Gasteiger charge is -2.26. The summed E-state index contributed by atoms with van der Waals surface area (Å²) in [6.07, 6.45) is 0.304. The third-order valence-electron chi connectivity index (χ3n) is 2.74. The topological polar surface area (TPSA) is 99.1 Å². The average molecular weight is 265 g/mol. The Morgan fingerprint density at radius 2 is 1.95 bits per heavy atom. The highest BCUT2D eigenvalue weighted by Gasteiger charge is 2.18. The molecule has 1 aromatic rings. The van der Waals surface area contributed by atoms with E-state index in [1.54, 1.807) is 17.0 Å². The molecule has 6 nitrogen and oxygen atoms in total. The number of nitrogens with zero attached hydrogens (tertiary/aromatic N) is 2. The number of phenolic OH excluding ortho intramolecular Hbond substituents is 1. The Kier molecular flexibility index (Phi) is 5.17. The predicted octanol–water partition coefficient (Wildman–Crippen LogP) is 1.38. The largest absolute Gasteiger partial charge is 0.508 e. The van der Waals surface area contributed by atoms with Crippen molar-refractivity contribution >= 4 is 11.7 Å². The number of rotatable bonds is 5. The Hall–Kier alpha value is -2.24. The van der Waals surface area contributed by atoms with Crippen molar-refractivity contribution in [1.82, 2.24) is 4.90 Å². The Labute approximate surface area is 112 Å². The first-order valence-corrected chi connectivity index (χ1v) is 6.02. The van der Waals surface area contributed by atoms with Gasteiger partial charge in [-0.05, 0) is 38.1 Å². The summed E-state index contributed by atoms with van der Waals surface area (Å²) >= 11 is 0. The maximum atomic E-state index is 12.3. The summed E-state index contributed by atoms with van der Waals surface area (Å²) in [5, 5.41) is 20.6. The van der Waals surface area contributed by atoms with E-state index in [9.17, 15) is 9.90 Å². The quantitative estimate of drug-likeness (QED) is 0.324. The van der Waals surface area contributed by atoms with E-state index < -0.39 is 0 Å². The number of hydrogen-bond donors (Lipinski definition) is 3. The molecule has 0 aliphatic carbocycles. The van der Waals surface area contributed by atoms with Gasteiger partial charge in [0.25, 0.3) is 5.91 Å². The minimum atomic E-state index is -0.152. The summed E-state index contributed by atoms with van der Waals surface area (Å²) in [5.41, 5.74) is 5.90. The third kappa shape index (κ3) is 4.17. The van der Waals surface area contributed by atoms with E-state index in [2.05, 4.69) is 5.16 Å². The lowest BCUT2D eigenvalue weighted by atomic mass is 10.1. The van der Waals surface area contributed by atoms with Gasteiger partial charge in [-0.25, -0.2) is 0 Å². The molecule has 0 aliphatic heterocycles. The second-order valence-corrected chi connectivity index (χ2v) is 4.48. The van der Waals surface area contributed by atoms with E-state index in [4.69, 9.17) is 10.9 Å². The fourth-order valence-electron chi connectivity index (χ4n) is 1.65. The number of amidine groups is 1. The molecule has 0 radical (unpaired) electrons. The van der Waals surface area contributed by atoms with Crippen LogP contribution < -0.4 is 5.73 Å². The number of oxime groups is 1. The molecule has 0 unspecified atom stereocenters. The second kappa shape index (κ2) is 6.63. The molecule has 0 saturated heterocycles. The summed E-state index contributed by atoms with van der Waals surface area (Å²) < 4.78 is 0. The van der Waals surface area contributed by atoms with Gasteiger partial charge >= 0.3 is 0 Å². The molecule has 0 saturated carbocycles. The molecule has 1 aromatic carbocycles. The highest BCUT2D eigenvalue weighted by atomic mass is 16.4. The molecule has 0 heterocycles. The first-order valence-electron chi connectivity index (χ1n) is 6.02. The summed E-state index contributed by atoms with van der Waals surface area (Å²) in [4.78, 5) is 13.9. The number of amides is 1. The molecule has 0 spiro atoms. The monoisotopic (exact) mass is 265 g/mol. The van der Waals surface area contributed by atoms with Crippen molar-refractivity contribution in [3.63, 3.8) is 0 Å². The molecule has 1 rings (SSSR count). The van der Waals surface area contributed by atoms with Crippen LogP contribution in [0.4, 0.5) is 0 Å². The number of benzene rings is 1. The van der Waals surface area contributed by atoms with Gasteiger partial charge in [0, 0.05) is 24.6 Å². The molecule has 0 atom stereocenters. The Balaban J connectivity index is 2.81. The Bertz CT molecular complexity index is 455. The fourth-order valence-corrected chi connectivity index (χ4v) is 1.65. The van der Waals surface area contributed by atoms with Gasteiger partial charge in [-0.3, -0.25) is 4.79 Å². The molecule has 0 aromatic heterocycles. The van der Waals surface area contributed by atoms with E-state index in [-0.39, 0.29) is 23.5 Å². The van der Waals surface area contributed by atoms with Crippen molar-refractivity contribution in [2.45, 2.75) is 26.3 Å². The first-order chi connectivity index (χ1) is 8.95. The van der Waals surface area contributed by atoms with Gasteiger partial charge in [0.2, 0.25) is 0 Å². The van der Waals surface area contributed by atoms with Gasteiger partial charge < -0.3 is 20.9 Å². The smallest absolute Gasteiger partial charge is 0.254 e. The summed E-state index contributed by atoms with van der Waals surface area (Å²) in [7, 11) is 0. The zero-order valence-corrected chi connectivity index (χ0v) is 11.1. The van der Waals surface area contributed by atoms with Crippen molar-refractivity contribution in [2.75, 3.05) is 6.54 Å². The molecule has 6 heteroatoms. The zero-order chi connectivity index (χ0) is 14.4. The lowest BCUT2D eigenvalue weighted by molar-refractivity contribution is 0.0711. The highest BCUT2D eigenvalue weighted by Crippen LogP contribution is 2.13. The minimum absolute atomic E-state index is 0.00667. The van der Waals surface area contributed by atoms with Gasteiger partial charge in [0.05, 0.1) is 0 Å². The van der Waals surface area contributed by atoms with E-state index in [1.165, 1.54) is 12.1 Å². The van der Waals surface area contributed by atoms with E-state index in [1.807, 2.05) is 13.8 Å². The number of carbonyl (C=O) groups is 1.